The zero-order chi connectivity index (χ0) is 12.5. The van der Waals surface area contributed by atoms with E-state index in [0.717, 1.165) is 32.6 Å². The second kappa shape index (κ2) is 4.94. The molecule has 17 heavy (non-hydrogen) atoms. The predicted octanol–water partition coefficient (Wildman–Crippen LogP) is 0.605. The molecule has 98 valence electrons. The van der Waals surface area contributed by atoms with Crippen molar-refractivity contribution in [3.8, 4) is 0 Å². The van der Waals surface area contributed by atoms with Gasteiger partial charge in [-0.1, -0.05) is 13.8 Å². The van der Waals surface area contributed by atoms with Crippen molar-refractivity contribution in [1.82, 2.24) is 10.2 Å². The van der Waals surface area contributed by atoms with Crippen molar-refractivity contribution in [3.05, 3.63) is 0 Å². The zero-order valence-electron chi connectivity index (χ0n) is 10.9. The smallest absolute Gasteiger partial charge is 0.251 e. The second-order valence-electron chi connectivity index (χ2n) is 5.98. The summed E-state index contributed by atoms with van der Waals surface area (Å²) < 4.78 is 0. The molecule has 0 bridgehead atoms. The molecule has 2 heterocycles. The maximum atomic E-state index is 12.1. The lowest BCUT2D eigenvalue weighted by Crippen LogP contribution is -2.45. The molecule has 2 atom stereocenters. The van der Waals surface area contributed by atoms with E-state index >= 15 is 0 Å². The van der Waals surface area contributed by atoms with Crippen LogP contribution in [0.5, 0.6) is 0 Å². The third-order valence-electron chi connectivity index (χ3n) is 4.20. The van der Waals surface area contributed by atoms with Gasteiger partial charge in [0.1, 0.15) is 6.10 Å². The summed E-state index contributed by atoms with van der Waals surface area (Å²) in [4.78, 5) is 13.9. The van der Waals surface area contributed by atoms with Crippen LogP contribution in [0.15, 0.2) is 0 Å². The lowest BCUT2D eigenvalue weighted by Gasteiger charge is -2.34. The Bertz CT molecular complexity index is 285. The normalized spacial score (nSPS) is 31.2. The molecular formula is C13H24N2O2. The SMILES string of the molecule is CC(C)C(O)C(=O)N1CCC2(CCCNC2)C1. The minimum atomic E-state index is -0.832. The number of carbonyl (C=O) groups excluding carboxylic acids is 1. The highest BCUT2D eigenvalue weighted by Gasteiger charge is 2.41. The monoisotopic (exact) mass is 240 g/mol. The number of carbonyl (C=O) groups is 1. The van der Waals surface area contributed by atoms with Crippen molar-refractivity contribution >= 4 is 5.91 Å². The highest BCUT2D eigenvalue weighted by Crippen LogP contribution is 2.36. The largest absolute Gasteiger partial charge is 0.383 e. The second-order valence-corrected chi connectivity index (χ2v) is 5.98. The first-order valence-electron chi connectivity index (χ1n) is 6.72. The van der Waals surface area contributed by atoms with E-state index in [4.69, 9.17) is 0 Å². The number of likely N-dealkylation sites (tertiary alicyclic amines) is 1. The van der Waals surface area contributed by atoms with Gasteiger partial charge in [0.05, 0.1) is 0 Å². The summed E-state index contributed by atoms with van der Waals surface area (Å²) in [6.07, 6.45) is 2.66. The molecule has 2 rings (SSSR count). The molecule has 2 N–H and O–H groups in total. The zero-order valence-corrected chi connectivity index (χ0v) is 10.9. The van der Waals surface area contributed by atoms with Crippen molar-refractivity contribution in [2.24, 2.45) is 11.3 Å². The third-order valence-corrected chi connectivity index (χ3v) is 4.20. The highest BCUT2D eigenvalue weighted by molar-refractivity contribution is 5.81. The van der Waals surface area contributed by atoms with Crippen LogP contribution in [0.25, 0.3) is 0 Å². The van der Waals surface area contributed by atoms with Crippen molar-refractivity contribution in [3.63, 3.8) is 0 Å². The molecule has 2 unspecified atom stereocenters. The first-order valence-corrected chi connectivity index (χ1v) is 6.72. The van der Waals surface area contributed by atoms with Gasteiger partial charge in [0, 0.05) is 25.0 Å². The molecule has 0 aromatic heterocycles. The van der Waals surface area contributed by atoms with E-state index in [1.54, 1.807) is 0 Å². The Morgan fingerprint density at radius 3 is 2.76 bits per heavy atom. The Kier molecular flexibility index (Phi) is 3.73. The van der Waals surface area contributed by atoms with Gasteiger partial charge < -0.3 is 15.3 Å². The molecule has 2 saturated heterocycles. The van der Waals surface area contributed by atoms with E-state index in [1.165, 1.54) is 12.8 Å². The van der Waals surface area contributed by atoms with Gasteiger partial charge in [0.25, 0.3) is 5.91 Å². The average Bonchev–Trinajstić information content (AvgIpc) is 2.72. The molecule has 1 spiro atoms. The Hall–Kier alpha value is -0.610. The van der Waals surface area contributed by atoms with Gasteiger partial charge in [0.15, 0.2) is 0 Å². The van der Waals surface area contributed by atoms with E-state index in [9.17, 15) is 9.90 Å². The first kappa shape index (κ1) is 12.8. The number of amides is 1. The van der Waals surface area contributed by atoms with Crippen molar-refractivity contribution in [2.45, 2.75) is 39.2 Å². The molecule has 2 fully saturated rings. The van der Waals surface area contributed by atoms with Crippen LogP contribution in [-0.4, -0.2) is 48.2 Å². The quantitative estimate of drug-likeness (QED) is 0.743. The lowest BCUT2D eigenvalue weighted by atomic mass is 9.80. The van der Waals surface area contributed by atoms with Gasteiger partial charge >= 0.3 is 0 Å². The fourth-order valence-electron chi connectivity index (χ4n) is 2.97. The minimum absolute atomic E-state index is 0.00327. The molecule has 2 aliphatic heterocycles. The van der Waals surface area contributed by atoms with Gasteiger partial charge in [0.2, 0.25) is 0 Å². The van der Waals surface area contributed by atoms with Gasteiger partial charge in [-0.15, -0.1) is 0 Å². The lowest BCUT2D eigenvalue weighted by molar-refractivity contribution is -0.141. The van der Waals surface area contributed by atoms with Crippen LogP contribution in [0.1, 0.15) is 33.1 Å². The Balaban J connectivity index is 1.95. The summed E-state index contributed by atoms with van der Waals surface area (Å²) >= 11 is 0. The van der Waals surface area contributed by atoms with E-state index in [2.05, 4.69) is 5.32 Å². The number of hydrogen-bond donors (Lipinski definition) is 2. The number of hydrogen-bond acceptors (Lipinski definition) is 3. The van der Waals surface area contributed by atoms with Gasteiger partial charge in [-0.25, -0.2) is 0 Å². The maximum Gasteiger partial charge on any atom is 0.251 e. The van der Waals surface area contributed by atoms with Crippen LogP contribution in [0, 0.1) is 11.3 Å². The predicted molar refractivity (Wildman–Crippen MR) is 66.6 cm³/mol. The summed E-state index contributed by atoms with van der Waals surface area (Å²) in [5.41, 5.74) is 0.282. The molecule has 0 aromatic rings. The maximum absolute atomic E-state index is 12.1. The summed E-state index contributed by atoms with van der Waals surface area (Å²) in [5, 5.41) is 13.3. The van der Waals surface area contributed by atoms with E-state index in [0.29, 0.717) is 0 Å². The van der Waals surface area contributed by atoms with Crippen LogP contribution >= 0.6 is 0 Å². The van der Waals surface area contributed by atoms with Crippen molar-refractivity contribution in [2.75, 3.05) is 26.2 Å². The number of aliphatic hydroxyl groups excluding tert-OH is 1. The van der Waals surface area contributed by atoms with Gasteiger partial charge in [-0.2, -0.15) is 0 Å². The van der Waals surface area contributed by atoms with Crippen LogP contribution in [0.4, 0.5) is 0 Å². The molecule has 4 heteroatoms. The molecule has 0 aromatic carbocycles. The first-order chi connectivity index (χ1) is 8.04. The molecule has 1 amide bonds. The van der Waals surface area contributed by atoms with E-state index < -0.39 is 6.10 Å². The number of nitrogens with one attached hydrogen (secondary N) is 1. The summed E-state index contributed by atoms with van der Waals surface area (Å²) in [5.74, 6) is -0.0778. The van der Waals surface area contributed by atoms with Crippen LogP contribution in [0.2, 0.25) is 0 Å². The molecule has 2 aliphatic rings. The van der Waals surface area contributed by atoms with Crippen LogP contribution in [0.3, 0.4) is 0 Å². The molecule has 0 aliphatic carbocycles. The Morgan fingerprint density at radius 2 is 2.18 bits per heavy atom. The number of rotatable bonds is 2. The topological polar surface area (TPSA) is 52.6 Å². The van der Waals surface area contributed by atoms with E-state index in [-0.39, 0.29) is 17.2 Å². The van der Waals surface area contributed by atoms with E-state index in [1.807, 2.05) is 18.7 Å². The fraction of sp³-hybridized carbons (Fsp3) is 0.923. The fourth-order valence-corrected chi connectivity index (χ4v) is 2.97. The van der Waals surface area contributed by atoms with Gasteiger partial charge in [-0.05, 0) is 31.7 Å². The van der Waals surface area contributed by atoms with Gasteiger partial charge in [-0.3, -0.25) is 4.79 Å². The Morgan fingerprint density at radius 1 is 1.41 bits per heavy atom. The molecular weight excluding hydrogens is 216 g/mol. The molecule has 4 nitrogen and oxygen atoms in total. The van der Waals surface area contributed by atoms with Crippen molar-refractivity contribution in [1.29, 1.82) is 0 Å². The van der Waals surface area contributed by atoms with Crippen LogP contribution in [-0.2, 0) is 4.79 Å². The summed E-state index contributed by atoms with van der Waals surface area (Å²) in [6.45, 7) is 7.53. The van der Waals surface area contributed by atoms with Crippen molar-refractivity contribution < 1.29 is 9.90 Å². The molecule has 0 saturated carbocycles. The number of aliphatic hydroxyl groups is 1. The Labute approximate surface area is 103 Å². The molecule has 0 radical (unpaired) electrons. The standard InChI is InChI=1S/C13H24N2O2/c1-10(2)11(16)12(17)15-7-5-13(9-15)4-3-6-14-8-13/h10-11,14,16H,3-9H2,1-2H3. The number of nitrogens with zero attached hydrogens (tertiary/aromatic N) is 1. The summed E-state index contributed by atoms with van der Waals surface area (Å²) in [6, 6.07) is 0. The average molecular weight is 240 g/mol. The highest BCUT2D eigenvalue weighted by atomic mass is 16.3. The van der Waals surface area contributed by atoms with Crippen LogP contribution < -0.4 is 5.32 Å². The number of piperidine rings is 1. The summed E-state index contributed by atoms with van der Waals surface area (Å²) in [7, 11) is 0. The minimum Gasteiger partial charge on any atom is -0.383 e. The third kappa shape index (κ3) is 2.63.